The molecule has 5 rings (SSSR count). The van der Waals surface area contributed by atoms with Crippen LogP contribution in [0.3, 0.4) is 0 Å². The fourth-order valence-corrected chi connectivity index (χ4v) is 5.77. The lowest BCUT2D eigenvalue weighted by Gasteiger charge is -2.43. The lowest BCUT2D eigenvalue weighted by atomic mass is 9.82. The summed E-state index contributed by atoms with van der Waals surface area (Å²) < 4.78 is 11.1. The number of amides is 2. The Morgan fingerprint density at radius 3 is 2.45 bits per heavy atom. The van der Waals surface area contributed by atoms with Gasteiger partial charge in [-0.05, 0) is 37.3 Å². The zero-order valence-electron chi connectivity index (χ0n) is 17.1. The monoisotopic (exact) mass is 447 g/mol. The third-order valence-corrected chi connectivity index (χ3v) is 7.31. The van der Waals surface area contributed by atoms with Crippen molar-refractivity contribution in [3.05, 3.63) is 39.4 Å². The van der Waals surface area contributed by atoms with Gasteiger partial charge in [0.1, 0.15) is 6.26 Å². The van der Waals surface area contributed by atoms with Gasteiger partial charge in [-0.2, -0.15) is 0 Å². The second-order valence-corrected chi connectivity index (χ2v) is 8.96. The second-order valence-electron chi connectivity index (χ2n) is 7.82. The van der Waals surface area contributed by atoms with Crippen LogP contribution in [-0.4, -0.2) is 71.1 Å². The van der Waals surface area contributed by atoms with E-state index in [0.717, 1.165) is 50.1 Å². The predicted molar refractivity (Wildman–Crippen MR) is 111 cm³/mol. The average molecular weight is 448 g/mol. The first kappa shape index (κ1) is 21.5. The normalized spacial score (nSPS) is 19.5. The summed E-state index contributed by atoms with van der Waals surface area (Å²) in [6, 6.07) is 3.66. The van der Waals surface area contributed by atoms with E-state index in [1.165, 1.54) is 16.7 Å². The van der Waals surface area contributed by atoms with Gasteiger partial charge in [0.25, 0.3) is 18.3 Å². The molecular weight excluding hydrogens is 422 g/mol. The Morgan fingerprint density at radius 2 is 1.81 bits per heavy atom. The van der Waals surface area contributed by atoms with E-state index in [-0.39, 0.29) is 23.9 Å². The molecule has 166 valence electrons. The second kappa shape index (κ2) is 9.19. The van der Waals surface area contributed by atoms with Gasteiger partial charge >= 0.3 is 0 Å². The van der Waals surface area contributed by atoms with Gasteiger partial charge in [0.2, 0.25) is 0 Å². The number of likely N-dealkylation sites (tertiary alicyclic amines) is 2. The molecule has 1 spiro atoms. The van der Waals surface area contributed by atoms with E-state index in [9.17, 15) is 9.59 Å². The van der Waals surface area contributed by atoms with Gasteiger partial charge in [-0.15, -0.1) is 11.3 Å². The Labute approximate surface area is 183 Å². The van der Waals surface area contributed by atoms with Crippen LogP contribution in [0.15, 0.2) is 22.9 Å². The van der Waals surface area contributed by atoms with Crippen LogP contribution in [0.25, 0.3) is 0 Å². The zero-order chi connectivity index (χ0) is 21.8. The third kappa shape index (κ3) is 4.22. The number of rotatable bonds is 2. The van der Waals surface area contributed by atoms with Crippen LogP contribution in [-0.2, 0) is 21.6 Å². The van der Waals surface area contributed by atoms with Gasteiger partial charge in [-0.3, -0.25) is 14.4 Å². The Balaban J connectivity index is 0.000000730. The molecule has 0 atom stereocenters. The average Bonchev–Trinajstić information content (AvgIpc) is 3.56. The van der Waals surface area contributed by atoms with Crippen LogP contribution in [0.5, 0.6) is 0 Å². The number of carbonyl (C=O) groups excluding carboxylic acids is 2. The summed E-state index contributed by atoms with van der Waals surface area (Å²) in [4.78, 5) is 39.6. The van der Waals surface area contributed by atoms with Crippen LogP contribution >= 0.6 is 11.3 Å². The molecule has 2 aromatic rings. The van der Waals surface area contributed by atoms with E-state index < -0.39 is 0 Å². The molecule has 0 radical (unpaired) electrons. The van der Waals surface area contributed by atoms with E-state index in [2.05, 4.69) is 11.2 Å². The van der Waals surface area contributed by atoms with Crippen LogP contribution in [0.1, 0.15) is 56.3 Å². The van der Waals surface area contributed by atoms with Crippen molar-refractivity contribution in [3.8, 4) is 0 Å². The SMILES string of the molecule is O=C(c1ccon1)N1CCC2(CC1)OCCc1sc(C(=O)N3CCCC3)cc12.O=CO. The van der Waals surface area contributed by atoms with Crippen molar-refractivity contribution >= 4 is 29.6 Å². The molecule has 10 heteroatoms. The maximum Gasteiger partial charge on any atom is 0.290 e. The smallest absolute Gasteiger partial charge is 0.290 e. The number of thiophene rings is 1. The number of carboxylic acid groups (broad SMARTS) is 1. The molecule has 0 aliphatic carbocycles. The Morgan fingerprint density at radius 1 is 1.13 bits per heavy atom. The number of nitrogens with zero attached hydrogens (tertiary/aromatic N) is 3. The summed E-state index contributed by atoms with van der Waals surface area (Å²) >= 11 is 1.63. The largest absolute Gasteiger partial charge is 0.483 e. The van der Waals surface area contributed by atoms with E-state index in [0.29, 0.717) is 25.4 Å². The van der Waals surface area contributed by atoms with Crippen molar-refractivity contribution < 1.29 is 28.8 Å². The maximum absolute atomic E-state index is 12.8. The molecule has 2 aromatic heterocycles. The molecule has 0 aromatic carbocycles. The molecule has 2 fully saturated rings. The third-order valence-electron chi connectivity index (χ3n) is 6.13. The van der Waals surface area contributed by atoms with Crippen LogP contribution < -0.4 is 0 Å². The molecule has 9 nitrogen and oxygen atoms in total. The Hall–Kier alpha value is -2.72. The molecule has 0 unspecified atom stereocenters. The first-order chi connectivity index (χ1) is 15.1. The van der Waals surface area contributed by atoms with Crippen LogP contribution in [0.4, 0.5) is 0 Å². The zero-order valence-corrected chi connectivity index (χ0v) is 17.9. The van der Waals surface area contributed by atoms with Crippen molar-refractivity contribution in [3.63, 3.8) is 0 Å². The molecule has 0 bridgehead atoms. The van der Waals surface area contributed by atoms with Crippen molar-refractivity contribution in [1.82, 2.24) is 15.0 Å². The van der Waals surface area contributed by atoms with Crippen molar-refractivity contribution in [2.24, 2.45) is 0 Å². The minimum atomic E-state index is -0.381. The van der Waals surface area contributed by atoms with Gasteiger partial charge in [0.15, 0.2) is 5.69 Å². The Kier molecular flexibility index (Phi) is 6.38. The minimum Gasteiger partial charge on any atom is -0.483 e. The fraction of sp³-hybridized carbons (Fsp3) is 0.524. The highest BCUT2D eigenvalue weighted by Gasteiger charge is 2.43. The summed E-state index contributed by atoms with van der Waals surface area (Å²) in [5.74, 6) is 0.0561. The van der Waals surface area contributed by atoms with Crippen molar-refractivity contribution in [2.75, 3.05) is 32.8 Å². The lowest BCUT2D eigenvalue weighted by molar-refractivity contribution is -0.122. The van der Waals surface area contributed by atoms with Crippen molar-refractivity contribution in [1.29, 1.82) is 0 Å². The number of fused-ring (bicyclic) bond motifs is 2. The highest BCUT2D eigenvalue weighted by molar-refractivity contribution is 7.14. The maximum atomic E-state index is 12.8. The van der Waals surface area contributed by atoms with Gasteiger partial charge in [0, 0.05) is 43.5 Å². The molecule has 2 amide bonds. The summed E-state index contributed by atoms with van der Waals surface area (Å²) in [5, 5.41) is 10.6. The molecule has 31 heavy (non-hydrogen) atoms. The quantitative estimate of drug-likeness (QED) is 0.703. The topological polar surface area (TPSA) is 113 Å². The van der Waals surface area contributed by atoms with E-state index >= 15 is 0 Å². The van der Waals surface area contributed by atoms with Gasteiger partial charge in [0.05, 0.1) is 17.1 Å². The first-order valence-corrected chi connectivity index (χ1v) is 11.2. The number of carbonyl (C=O) groups is 3. The summed E-state index contributed by atoms with van der Waals surface area (Å²) in [7, 11) is 0. The molecule has 5 heterocycles. The predicted octanol–water partition coefficient (Wildman–Crippen LogP) is 2.38. The summed E-state index contributed by atoms with van der Waals surface area (Å²) in [5.41, 5.74) is 1.13. The first-order valence-electron chi connectivity index (χ1n) is 10.4. The van der Waals surface area contributed by atoms with Crippen molar-refractivity contribution in [2.45, 2.75) is 37.7 Å². The fourth-order valence-electron chi connectivity index (χ4n) is 4.57. The molecule has 1 N–H and O–H groups in total. The van der Waals surface area contributed by atoms with Gasteiger partial charge in [-0.1, -0.05) is 5.16 Å². The number of ether oxygens (including phenoxy) is 1. The minimum absolute atomic E-state index is 0.102. The lowest BCUT2D eigenvalue weighted by Crippen LogP contribution is -2.48. The molecule has 0 saturated carbocycles. The number of hydrogen-bond acceptors (Lipinski definition) is 7. The van der Waals surface area contributed by atoms with Crippen LogP contribution in [0.2, 0.25) is 0 Å². The van der Waals surface area contributed by atoms with Crippen LogP contribution in [0, 0.1) is 0 Å². The summed E-state index contributed by atoms with van der Waals surface area (Å²) in [6.07, 6.45) is 5.93. The van der Waals surface area contributed by atoms with E-state index in [4.69, 9.17) is 19.2 Å². The number of piperidine rings is 1. The highest BCUT2D eigenvalue weighted by atomic mass is 32.1. The molecule has 2 saturated heterocycles. The summed E-state index contributed by atoms with van der Waals surface area (Å²) in [6.45, 7) is 3.36. The molecular formula is C21H25N3O6S. The van der Waals surface area contributed by atoms with Gasteiger partial charge in [-0.25, -0.2) is 0 Å². The highest BCUT2D eigenvalue weighted by Crippen LogP contribution is 2.45. The number of hydrogen-bond donors (Lipinski definition) is 1. The Bertz CT molecular complexity index is 927. The molecule has 3 aliphatic heterocycles. The number of aromatic nitrogens is 1. The van der Waals surface area contributed by atoms with E-state index in [1.807, 2.05) is 9.80 Å². The standard InChI is InChI=1S/C20H23N3O4S.CH2O2/c24-18(15-3-12-27-21-15)23-9-5-20(6-10-23)14-13-17(28-16(14)4-11-26-20)19(25)22-7-1-2-8-22;2-1-3/h3,12-13H,1-2,4-11H2;1H,(H,2,3). The van der Waals surface area contributed by atoms with Gasteiger partial charge < -0.3 is 24.2 Å². The van der Waals surface area contributed by atoms with E-state index in [1.54, 1.807) is 17.4 Å². The molecule has 3 aliphatic rings.